The lowest BCUT2D eigenvalue weighted by Crippen LogP contribution is -2.41. The molecule has 0 saturated carbocycles. The molecule has 2 nitrogen and oxygen atoms in total. The minimum absolute atomic E-state index is 0.245. The van der Waals surface area contributed by atoms with Crippen LogP contribution in [0.2, 0.25) is 0 Å². The molecular formula is C26H26O2. The van der Waals surface area contributed by atoms with Crippen LogP contribution in [0.1, 0.15) is 62.2 Å². The first-order chi connectivity index (χ1) is 13.4. The Balaban J connectivity index is 1.70. The first kappa shape index (κ1) is 17.7. The first-order valence-electron chi connectivity index (χ1n) is 10.0. The highest BCUT2D eigenvalue weighted by molar-refractivity contribution is 5.83. The summed E-state index contributed by atoms with van der Waals surface area (Å²) >= 11 is 0. The molecule has 1 heterocycles. The van der Waals surface area contributed by atoms with E-state index in [1.165, 1.54) is 27.8 Å². The Hall–Kier alpha value is -2.42. The summed E-state index contributed by atoms with van der Waals surface area (Å²) in [5.74, 6) is 0.245. The van der Waals surface area contributed by atoms with Gasteiger partial charge in [0.1, 0.15) is 0 Å². The Labute approximate surface area is 167 Å². The van der Waals surface area contributed by atoms with Crippen molar-refractivity contribution >= 4 is 0 Å². The third-order valence-electron chi connectivity index (χ3n) is 6.62. The quantitative estimate of drug-likeness (QED) is 0.404. The van der Waals surface area contributed by atoms with Gasteiger partial charge in [-0.15, -0.1) is 0 Å². The zero-order valence-corrected chi connectivity index (χ0v) is 16.9. The molecule has 1 fully saturated rings. The van der Waals surface area contributed by atoms with Crippen molar-refractivity contribution in [2.75, 3.05) is 0 Å². The Bertz CT molecular complexity index is 1020. The van der Waals surface area contributed by atoms with Crippen LogP contribution >= 0.6 is 0 Å². The van der Waals surface area contributed by atoms with Crippen molar-refractivity contribution in [3.05, 3.63) is 95.1 Å². The molecule has 0 N–H and O–H groups in total. The highest BCUT2D eigenvalue weighted by Crippen LogP contribution is 2.53. The van der Waals surface area contributed by atoms with Crippen LogP contribution < -0.4 is 0 Å². The molecule has 0 amide bonds. The predicted octanol–water partition coefficient (Wildman–Crippen LogP) is 6.45. The molecule has 0 aromatic heterocycles. The normalized spacial score (nSPS) is 22.1. The topological polar surface area (TPSA) is 18.5 Å². The van der Waals surface area contributed by atoms with Gasteiger partial charge in [0.05, 0.1) is 11.2 Å². The van der Waals surface area contributed by atoms with Crippen molar-refractivity contribution in [3.63, 3.8) is 0 Å². The minimum atomic E-state index is -0.359. The summed E-state index contributed by atoms with van der Waals surface area (Å²) in [6.45, 7) is 8.43. The fourth-order valence-electron chi connectivity index (χ4n) is 4.46. The van der Waals surface area contributed by atoms with E-state index in [-0.39, 0.29) is 23.4 Å². The van der Waals surface area contributed by atoms with Gasteiger partial charge in [0, 0.05) is 11.5 Å². The van der Waals surface area contributed by atoms with Crippen LogP contribution in [0.15, 0.2) is 72.8 Å². The van der Waals surface area contributed by atoms with E-state index in [0.717, 1.165) is 5.56 Å². The molecule has 1 unspecified atom stereocenters. The average molecular weight is 370 g/mol. The number of hydrogen-bond donors (Lipinski definition) is 0. The highest BCUT2D eigenvalue weighted by atomic mass is 16.7. The van der Waals surface area contributed by atoms with Crippen LogP contribution in [0.4, 0.5) is 0 Å². The summed E-state index contributed by atoms with van der Waals surface area (Å²) in [7, 11) is 0. The number of fused-ring (bicyclic) bond motifs is 3. The zero-order valence-electron chi connectivity index (χ0n) is 16.9. The Morgan fingerprint density at radius 2 is 1.18 bits per heavy atom. The van der Waals surface area contributed by atoms with E-state index in [4.69, 9.17) is 9.47 Å². The van der Waals surface area contributed by atoms with Crippen molar-refractivity contribution in [3.8, 4) is 11.1 Å². The molecule has 3 aromatic rings. The highest BCUT2D eigenvalue weighted by Gasteiger charge is 2.50. The fraction of sp³-hybridized carbons (Fsp3) is 0.308. The van der Waals surface area contributed by atoms with Gasteiger partial charge in [-0.05, 0) is 55.5 Å². The lowest BCUT2D eigenvalue weighted by Gasteiger charge is -2.30. The summed E-state index contributed by atoms with van der Waals surface area (Å²) in [5, 5.41) is 0. The molecule has 2 heteroatoms. The van der Waals surface area contributed by atoms with Crippen LogP contribution in [0.5, 0.6) is 0 Å². The smallest absolute Gasteiger partial charge is 0.185 e. The maximum absolute atomic E-state index is 6.41. The standard InChI is InChI=1S/C26H26O2/c1-25(2)26(3,4)28-24(27-25)21-16-10-15-20-22(17-11-6-5-7-12-17)18-13-8-9-14-19(18)23(20)21/h5-16,22,24H,1-4H3. The number of hydrogen-bond acceptors (Lipinski definition) is 2. The van der Waals surface area contributed by atoms with Gasteiger partial charge >= 0.3 is 0 Å². The van der Waals surface area contributed by atoms with Gasteiger partial charge in [-0.2, -0.15) is 0 Å². The molecule has 0 spiro atoms. The SMILES string of the molecule is CC1(C)OC(c2cccc3c2-c2ccccc2C3c2ccccc2)OC1(C)C. The largest absolute Gasteiger partial charge is 0.339 e. The van der Waals surface area contributed by atoms with Gasteiger partial charge in [0.2, 0.25) is 0 Å². The van der Waals surface area contributed by atoms with Gasteiger partial charge in [0.15, 0.2) is 6.29 Å². The molecule has 1 aliphatic carbocycles. The van der Waals surface area contributed by atoms with Crippen LogP contribution in [0.25, 0.3) is 11.1 Å². The van der Waals surface area contributed by atoms with Gasteiger partial charge in [0.25, 0.3) is 0 Å². The van der Waals surface area contributed by atoms with E-state index in [1.807, 2.05) is 0 Å². The van der Waals surface area contributed by atoms with Gasteiger partial charge in [-0.25, -0.2) is 0 Å². The van der Waals surface area contributed by atoms with E-state index in [0.29, 0.717) is 0 Å². The van der Waals surface area contributed by atoms with Crippen LogP contribution in [0, 0.1) is 0 Å². The van der Waals surface area contributed by atoms with Crippen LogP contribution in [-0.2, 0) is 9.47 Å². The van der Waals surface area contributed by atoms with Crippen LogP contribution in [0.3, 0.4) is 0 Å². The summed E-state index contributed by atoms with van der Waals surface area (Å²) in [6, 6.07) is 26.0. The van der Waals surface area contributed by atoms with E-state index in [9.17, 15) is 0 Å². The predicted molar refractivity (Wildman–Crippen MR) is 112 cm³/mol. The minimum Gasteiger partial charge on any atom is -0.339 e. The maximum atomic E-state index is 6.41. The molecule has 2 aliphatic rings. The molecule has 1 atom stereocenters. The second-order valence-electron chi connectivity index (χ2n) is 8.83. The van der Waals surface area contributed by atoms with Crippen molar-refractivity contribution < 1.29 is 9.47 Å². The van der Waals surface area contributed by atoms with Gasteiger partial charge < -0.3 is 9.47 Å². The fourth-order valence-corrected chi connectivity index (χ4v) is 4.46. The van der Waals surface area contributed by atoms with Gasteiger partial charge in [-0.3, -0.25) is 0 Å². The number of ether oxygens (including phenoxy) is 2. The van der Waals surface area contributed by atoms with Crippen molar-refractivity contribution in [1.29, 1.82) is 0 Å². The van der Waals surface area contributed by atoms with E-state index >= 15 is 0 Å². The molecule has 1 aliphatic heterocycles. The van der Waals surface area contributed by atoms with E-state index < -0.39 is 0 Å². The zero-order chi connectivity index (χ0) is 19.5. The Morgan fingerprint density at radius 1 is 0.607 bits per heavy atom. The number of rotatable bonds is 2. The van der Waals surface area contributed by atoms with Crippen molar-refractivity contribution in [2.45, 2.75) is 51.1 Å². The van der Waals surface area contributed by atoms with Crippen LogP contribution in [-0.4, -0.2) is 11.2 Å². The molecule has 0 bridgehead atoms. The Morgan fingerprint density at radius 3 is 1.89 bits per heavy atom. The summed E-state index contributed by atoms with van der Waals surface area (Å²) in [5.41, 5.74) is 6.99. The first-order valence-corrected chi connectivity index (χ1v) is 10.0. The third-order valence-corrected chi connectivity index (χ3v) is 6.62. The summed E-state index contributed by atoms with van der Waals surface area (Å²) in [6.07, 6.45) is -0.359. The molecule has 5 rings (SSSR count). The monoisotopic (exact) mass is 370 g/mol. The maximum Gasteiger partial charge on any atom is 0.185 e. The summed E-state index contributed by atoms with van der Waals surface area (Å²) in [4.78, 5) is 0. The molecular weight excluding hydrogens is 344 g/mol. The lowest BCUT2D eigenvalue weighted by molar-refractivity contribution is -0.0891. The second kappa shape index (κ2) is 6.04. The van der Waals surface area contributed by atoms with Crippen molar-refractivity contribution in [2.24, 2.45) is 0 Å². The average Bonchev–Trinajstić information content (AvgIpc) is 3.13. The molecule has 3 aromatic carbocycles. The van der Waals surface area contributed by atoms with E-state index in [1.54, 1.807) is 0 Å². The molecule has 142 valence electrons. The van der Waals surface area contributed by atoms with E-state index in [2.05, 4.69) is 100 Å². The molecule has 28 heavy (non-hydrogen) atoms. The Kier molecular flexibility index (Phi) is 3.81. The van der Waals surface area contributed by atoms with Crippen molar-refractivity contribution in [1.82, 2.24) is 0 Å². The molecule has 1 saturated heterocycles. The summed E-state index contributed by atoms with van der Waals surface area (Å²) < 4.78 is 12.8. The lowest BCUT2D eigenvalue weighted by atomic mass is 9.89. The third kappa shape index (κ3) is 2.48. The van der Waals surface area contributed by atoms with Gasteiger partial charge in [-0.1, -0.05) is 72.8 Å². The number of benzene rings is 3. The molecule has 0 radical (unpaired) electrons. The second-order valence-corrected chi connectivity index (χ2v) is 8.83.